The van der Waals surface area contributed by atoms with E-state index in [0.717, 1.165) is 5.25 Å². The molecule has 0 saturated heterocycles. The fourth-order valence-electron chi connectivity index (χ4n) is 1.73. The van der Waals surface area contributed by atoms with Gasteiger partial charge in [0.25, 0.3) is 0 Å². The van der Waals surface area contributed by atoms with Gasteiger partial charge in [0.2, 0.25) is 0 Å². The van der Waals surface area contributed by atoms with E-state index in [2.05, 4.69) is 49.8 Å². The Kier molecular flexibility index (Phi) is 5.10. The molecule has 0 fully saturated rings. The summed E-state index contributed by atoms with van der Waals surface area (Å²) in [5.41, 5.74) is 1.52. The van der Waals surface area contributed by atoms with E-state index in [1.165, 1.54) is 24.8 Å². The summed E-state index contributed by atoms with van der Waals surface area (Å²) >= 11 is 0. The molecule has 1 unspecified atom stereocenters. The highest BCUT2D eigenvalue weighted by atomic mass is 32.2. The maximum absolute atomic E-state index is 2.35. The Hall–Kier alpha value is -0.430. The first-order chi connectivity index (χ1) is 6.75. The third-order valence-corrected chi connectivity index (χ3v) is 4.21. The summed E-state index contributed by atoms with van der Waals surface area (Å²) in [6.45, 7) is 2.27. The average molecular weight is 209 g/mol. The smallest absolute Gasteiger partial charge is 0.0654 e. The number of rotatable bonds is 5. The van der Waals surface area contributed by atoms with Crippen LogP contribution >= 0.6 is 0 Å². The molecule has 78 valence electrons. The second-order valence-corrected chi connectivity index (χ2v) is 6.25. The molecule has 1 aromatic rings. The van der Waals surface area contributed by atoms with Gasteiger partial charge in [0.15, 0.2) is 0 Å². The van der Waals surface area contributed by atoms with E-state index in [-0.39, 0.29) is 0 Å². The molecule has 0 heterocycles. The van der Waals surface area contributed by atoms with Crippen molar-refractivity contribution in [1.29, 1.82) is 0 Å². The Morgan fingerprint density at radius 2 is 1.79 bits per heavy atom. The maximum Gasteiger partial charge on any atom is 0.142 e. The lowest BCUT2D eigenvalue weighted by molar-refractivity contribution is 0.704. The summed E-state index contributed by atoms with van der Waals surface area (Å²) in [4.78, 5) is 0. The first kappa shape index (κ1) is 11.6. The zero-order valence-corrected chi connectivity index (χ0v) is 10.3. The van der Waals surface area contributed by atoms with Crippen molar-refractivity contribution in [3.8, 4) is 0 Å². The quantitative estimate of drug-likeness (QED) is 0.647. The van der Waals surface area contributed by atoms with Crippen LogP contribution in [0.5, 0.6) is 0 Å². The van der Waals surface area contributed by atoms with Crippen LogP contribution in [0.4, 0.5) is 0 Å². The summed E-state index contributed by atoms with van der Waals surface area (Å²) in [6, 6.07) is 11.0. The third kappa shape index (κ3) is 3.38. The van der Waals surface area contributed by atoms with Crippen molar-refractivity contribution < 1.29 is 0 Å². The van der Waals surface area contributed by atoms with Gasteiger partial charge in [-0.15, -0.1) is 0 Å². The zero-order valence-electron chi connectivity index (χ0n) is 9.49. The first-order valence-corrected chi connectivity index (χ1v) is 7.47. The normalized spacial score (nSPS) is 13.1. The predicted octanol–water partition coefficient (Wildman–Crippen LogP) is 3.80. The lowest BCUT2D eigenvalue weighted by Gasteiger charge is -2.13. The first-order valence-electron chi connectivity index (χ1n) is 5.37. The van der Waals surface area contributed by atoms with Crippen molar-refractivity contribution in [3.05, 3.63) is 35.9 Å². The van der Waals surface area contributed by atoms with Crippen LogP contribution in [0.25, 0.3) is 0 Å². The standard InChI is InChI=1S/C13H21S/c1-4-5-11-13(14(2)3)12-9-7-6-8-10-12/h6-10,13H,4-5,11H2,1-3H3/q+1. The van der Waals surface area contributed by atoms with Crippen molar-refractivity contribution in [2.75, 3.05) is 12.5 Å². The van der Waals surface area contributed by atoms with Crippen molar-refractivity contribution in [2.24, 2.45) is 0 Å². The van der Waals surface area contributed by atoms with Gasteiger partial charge in [-0.25, -0.2) is 0 Å². The van der Waals surface area contributed by atoms with Gasteiger partial charge in [-0.1, -0.05) is 43.7 Å². The van der Waals surface area contributed by atoms with Crippen LogP contribution in [0, 0.1) is 0 Å². The van der Waals surface area contributed by atoms with Gasteiger partial charge in [0.05, 0.1) is 12.5 Å². The minimum atomic E-state index is 0.494. The molecule has 1 heteroatoms. The molecule has 0 aliphatic carbocycles. The summed E-state index contributed by atoms with van der Waals surface area (Å²) in [5.74, 6) is 0. The van der Waals surface area contributed by atoms with Gasteiger partial charge in [-0.2, -0.15) is 0 Å². The molecule has 0 saturated carbocycles. The van der Waals surface area contributed by atoms with E-state index in [9.17, 15) is 0 Å². The fourth-order valence-corrected chi connectivity index (χ4v) is 3.07. The van der Waals surface area contributed by atoms with Gasteiger partial charge in [-0.3, -0.25) is 0 Å². The number of benzene rings is 1. The molecule has 0 aliphatic rings. The topological polar surface area (TPSA) is 0 Å². The van der Waals surface area contributed by atoms with Gasteiger partial charge in [-0.05, 0) is 23.7 Å². The molecule has 1 rings (SSSR count). The number of hydrogen-bond donors (Lipinski definition) is 0. The van der Waals surface area contributed by atoms with Crippen molar-refractivity contribution >= 4 is 10.9 Å². The second kappa shape index (κ2) is 6.13. The minimum absolute atomic E-state index is 0.494. The monoisotopic (exact) mass is 209 g/mol. The molecule has 0 amide bonds. The third-order valence-electron chi connectivity index (χ3n) is 2.56. The van der Waals surface area contributed by atoms with Crippen molar-refractivity contribution in [1.82, 2.24) is 0 Å². The van der Waals surface area contributed by atoms with E-state index in [0.29, 0.717) is 10.9 Å². The molecular formula is C13H21S+. The molecule has 14 heavy (non-hydrogen) atoms. The van der Waals surface area contributed by atoms with Gasteiger partial charge < -0.3 is 0 Å². The van der Waals surface area contributed by atoms with Crippen LogP contribution in [0.3, 0.4) is 0 Å². The zero-order chi connectivity index (χ0) is 10.4. The Bertz CT molecular complexity index is 241. The van der Waals surface area contributed by atoms with E-state index < -0.39 is 0 Å². The Balaban J connectivity index is 2.68. The number of hydrogen-bond acceptors (Lipinski definition) is 0. The molecule has 0 radical (unpaired) electrons. The highest BCUT2D eigenvalue weighted by Crippen LogP contribution is 2.27. The molecule has 0 bridgehead atoms. The molecule has 0 N–H and O–H groups in total. The van der Waals surface area contributed by atoms with Gasteiger partial charge in [0.1, 0.15) is 5.25 Å². The predicted molar refractivity (Wildman–Crippen MR) is 67.9 cm³/mol. The fraction of sp³-hybridized carbons (Fsp3) is 0.538. The lowest BCUT2D eigenvalue weighted by Crippen LogP contribution is -2.10. The highest BCUT2D eigenvalue weighted by molar-refractivity contribution is 7.95. The Morgan fingerprint density at radius 1 is 1.14 bits per heavy atom. The summed E-state index contributed by atoms with van der Waals surface area (Å²) in [6.07, 6.45) is 8.71. The lowest BCUT2D eigenvalue weighted by atomic mass is 10.1. The van der Waals surface area contributed by atoms with Crippen LogP contribution < -0.4 is 0 Å². The molecule has 1 aromatic carbocycles. The average Bonchev–Trinajstić information content (AvgIpc) is 2.19. The SMILES string of the molecule is CCCCC(c1ccccc1)[S+](C)C. The van der Waals surface area contributed by atoms with Gasteiger partial charge >= 0.3 is 0 Å². The molecule has 0 nitrogen and oxygen atoms in total. The van der Waals surface area contributed by atoms with E-state index in [4.69, 9.17) is 0 Å². The minimum Gasteiger partial charge on any atom is -0.0654 e. The summed E-state index contributed by atoms with van der Waals surface area (Å²) in [7, 11) is 0.494. The molecule has 0 spiro atoms. The molecule has 0 aromatic heterocycles. The van der Waals surface area contributed by atoms with Crippen molar-refractivity contribution in [2.45, 2.75) is 31.4 Å². The van der Waals surface area contributed by atoms with Crippen LogP contribution in [0.2, 0.25) is 0 Å². The second-order valence-electron chi connectivity index (χ2n) is 3.92. The largest absolute Gasteiger partial charge is 0.142 e. The van der Waals surface area contributed by atoms with E-state index in [1.807, 2.05) is 0 Å². The molecule has 1 atom stereocenters. The van der Waals surface area contributed by atoms with E-state index >= 15 is 0 Å². The van der Waals surface area contributed by atoms with E-state index in [1.54, 1.807) is 0 Å². The van der Waals surface area contributed by atoms with Crippen LogP contribution in [0.1, 0.15) is 37.0 Å². The van der Waals surface area contributed by atoms with Crippen LogP contribution in [-0.2, 0) is 10.9 Å². The maximum atomic E-state index is 2.35. The van der Waals surface area contributed by atoms with Crippen LogP contribution in [0.15, 0.2) is 30.3 Å². The molecular weight excluding hydrogens is 188 g/mol. The molecule has 0 aliphatic heterocycles. The summed E-state index contributed by atoms with van der Waals surface area (Å²) < 4.78 is 0. The van der Waals surface area contributed by atoms with Gasteiger partial charge in [0, 0.05) is 5.56 Å². The summed E-state index contributed by atoms with van der Waals surface area (Å²) in [5, 5.41) is 0.774. The van der Waals surface area contributed by atoms with Crippen molar-refractivity contribution in [3.63, 3.8) is 0 Å². The van der Waals surface area contributed by atoms with Crippen LogP contribution in [-0.4, -0.2) is 12.5 Å². The Morgan fingerprint density at radius 3 is 2.29 bits per heavy atom. The number of unbranched alkanes of at least 4 members (excludes halogenated alkanes) is 1. The Labute approximate surface area is 91.1 Å². The highest BCUT2D eigenvalue weighted by Gasteiger charge is 2.22.